The average molecular weight is 316 g/mol. The zero-order chi connectivity index (χ0) is 16.8. The lowest BCUT2D eigenvalue weighted by Gasteiger charge is -2.24. The van der Waals surface area contributed by atoms with Crippen LogP contribution in [-0.2, 0) is 9.59 Å². The van der Waals surface area contributed by atoms with Crippen molar-refractivity contribution in [1.82, 2.24) is 20.5 Å². The molecule has 1 aromatic heterocycles. The molecule has 0 radical (unpaired) electrons. The zero-order valence-electron chi connectivity index (χ0n) is 13.2. The normalized spacial score (nSPS) is 18.4. The number of carbonyl (C=O) groups is 3. The summed E-state index contributed by atoms with van der Waals surface area (Å²) in [5, 5.41) is 5.29. The van der Waals surface area contributed by atoms with Crippen LogP contribution in [0.1, 0.15) is 29.3 Å². The highest BCUT2D eigenvalue weighted by Gasteiger charge is 2.26. The van der Waals surface area contributed by atoms with Crippen molar-refractivity contribution in [2.45, 2.75) is 19.4 Å². The van der Waals surface area contributed by atoms with Crippen LogP contribution in [0.3, 0.4) is 0 Å². The summed E-state index contributed by atoms with van der Waals surface area (Å²) in [5.41, 5.74) is 1.07. The predicted molar refractivity (Wildman–Crippen MR) is 85.5 cm³/mol. The van der Waals surface area contributed by atoms with Crippen LogP contribution in [0, 0.1) is 0 Å². The summed E-state index contributed by atoms with van der Waals surface area (Å²) in [7, 11) is 1.54. The Balaban J connectivity index is 2.11. The van der Waals surface area contributed by atoms with Crippen LogP contribution in [0.15, 0.2) is 24.5 Å². The third kappa shape index (κ3) is 4.15. The Morgan fingerprint density at radius 2 is 2.22 bits per heavy atom. The molecule has 0 aromatic carbocycles. The van der Waals surface area contributed by atoms with Gasteiger partial charge in [-0.05, 0) is 31.1 Å². The second-order valence-corrected chi connectivity index (χ2v) is 5.27. The number of rotatable bonds is 3. The van der Waals surface area contributed by atoms with E-state index in [9.17, 15) is 14.4 Å². The Morgan fingerprint density at radius 3 is 2.96 bits per heavy atom. The molecule has 2 rings (SSSR count). The molecule has 122 valence electrons. The molecule has 1 aliphatic heterocycles. The summed E-state index contributed by atoms with van der Waals surface area (Å²) in [6, 6.07) is 1.15. The number of nitrogens with one attached hydrogen (secondary N) is 2. The SMILES string of the molecule is CNC(=O)c1cncc(/C=C/C(=O)N2CCCNC(=O)C2C)c1. The Hall–Kier alpha value is -2.70. The first-order chi connectivity index (χ1) is 11.0. The third-order valence-electron chi connectivity index (χ3n) is 3.67. The van der Waals surface area contributed by atoms with Gasteiger partial charge in [0, 0.05) is 38.6 Å². The van der Waals surface area contributed by atoms with Gasteiger partial charge in [-0.2, -0.15) is 0 Å². The van der Waals surface area contributed by atoms with E-state index in [1.165, 1.54) is 17.2 Å². The standard InChI is InChI=1S/C16H20N4O3/c1-11-15(22)19-6-3-7-20(11)14(21)5-4-12-8-13(10-18-9-12)16(23)17-2/h4-5,8-11H,3,6-7H2,1-2H3,(H,17,23)(H,19,22)/b5-4+. The van der Waals surface area contributed by atoms with Crippen LogP contribution in [0.2, 0.25) is 0 Å². The molecule has 1 aliphatic rings. The Morgan fingerprint density at radius 1 is 1.43 bits per heavy atom. The predicted octanol–water partition coefficient (Wildman–Crippen LogP) is 0.191. The third-order valence-corrected chi connectivity index (χ3v) is 3.67. The van der Waals surface area contributed by atoms with Gasteiger partial charge in [0.15, 0.2) is 0 Å². The van der Waals surface area contributed by atoms with Crippen LogP contribution in [0.5, 0.6) is 0 Å². The number of amides is 3. The summed E-state index contributed by atoms with van der Waals surface area (Å²) < 4.78 is 0. The van der Waals surface area contributed by atoms with E-state index in [1.807, 2.05) is 0 Å². The van der Waals surface area contributed by atoms with Gasteiger partial charge in [-0.3, -0.25) is 19.4 Å². The number of hydrogen-bond acceptors (Lipinski definition) is 4. The zero-order valence-corrected chi connectivity index (χ0v) is 13.2. The van der Waals surface area contributed by atoms with Gasteiger partial charge < -0.3 is 15.5 Å². The molecule has 3 amide bonds. The molecule has 2 N–H and O–H groups in total. The second kappa shape index (κ2) is 7.53. The molecule has 0 aliphatic carbocycles. The number of hydrogen-bond donors (Lipinski definition) is 2. The Bertz CT molecular complexity index is 642. The van der Waals surface area contributed by atoms with Gasteiger partial charge in [0.1, 0.15) is 6.04 Å². The van der Waals surface area contributed by atoms with Crippen molar-refractivity contribution in [2.75, 3.05) is 20.1 Å². The Kier molecular flexibility index (Phi) is 5.46. The highest BCUT2D eigenvalue weighted by atomic mass is 16.2. The number of aromatic nitrogens is 1. The quantitative estimate of drug-likeness (QED) is 0.779. The molecule has 2 heterocycles. The monoisotopic (exact) mass is 316 g/mol. The van der Waals surface area contributed by atoms with Crippen molar-refractivity contribution < 1.29 is 14.4 Å². The van der Waals surface area contributed by atoms with Gasteiger partial charge in [0.25, 0.3) is 5.91 Å². The van der Waals surface area contributed by atoms with Gasteiger partial charge in [0.2, 0.25) is 11.8 Å². The molecular weight excluding hydrogens is 296 g/mol. The minimum Gasteiger partial charge on any atom is -0.355 e. The molecule has 0 spiro atoms. The number of pyridine rings is 1. The lowest BCUT2D eigenvalue weighted by atomic mass is 10.1. The van der Waals surface area contributed by atoms with Crippen LogP contribution >= 0.6 is 0 Å². The van der Waals surface area contributed by atoms with E-state index in [0.29, 0.717) is 24.2 Å². The van der Waals surface area contributed by atoms with E-state index in [2.05, 4.69) is 15.6 Å². The molecular formula is C16H20N4O3. The summed E-state index contributed by atoms with van der Waals surface area (Å²) in [4.78, 5) is 41.2. The fourth-order valence-electron chi connectivity index (χ4n) is 2.33. The molecule has 23 heavy (non-hydrogen) atoms. The first-order valence-electron chi connectivity index (χ1n) is 7.46. The maximum Gasteiger partial charge on any atom is 0.252 e. The fraction of sp³-hybridized carbons (Fsp3) is 0.375. The lowest BCUT2D eigenvalue weighted by molar-refractivity contribution is -0.135. The van der Waals surface area contributed by atoms with E-state index in [-0.39, 0.29) is 17.7 Å². The average Bonchev–Trinajstić information content (AvgIpc) is 2.74. The molecule has 1 fully saturated rings. The van der Waals surface area contributed by atoms with Crippen LogP contribution < -0.4 is 10.6 Å². The topological polar surface area (TPSA) is 91.4 Å². The van der Waals surface area contributed by atoms with E-state index < -0.39 is 6.04 Å². The highest BCUT2D eigenvalue weighted by Crippen LogP contribution is 2.09. The van der Waals surface area contributed by atoms with E-state index >= 15 is 0 Å². The second-order valence-electron chi connectivity index (χ2n) is 5.27. The van der Waals surface area contributed by atoms with Gasteiger partial charge in [0.05, 0.1) is 5.56 Å². The summed E-state index contributed by atoms with van der Waals surface area (Å²) in [6.07, 6.45) is 6.74. The number of nitrogens with zero attached hydrogens (tertiary/aromatic N) is 2. The van der Waals surface area contributed by atoms with E-state index in [0.717, 1.165) is 6.42 Å². The summed E-state index contributed by atoms with van der Waals surface area (Å²) in [6.45, 7) is 2.81. The molecule has 1 saturated heterocycles. The smallest absolute Gasteiger partial charge is 0.252 e. The van der Waals surface area contributed by atoms with Crippen molar-refractivity contribution in [3.63, 3.8) is 0 Å². The van der Waals surface area contributed by atoms with E-state index in [4.69, 9.17) is 0 Å². The largest absolute Gasteiger partial charge is 0.355 e. The number of carbonyl (C=O) groups excluding carboxylic acids is 3. The van der Waals surface area contributed by atoms with Crippen LogP contribution in [0.25, 0.3) is 6.08 Å². The molecule has 7 heteroatoms. The first-order valence-corrected chi connectivity index (χ1v) is 7.46. The molecule has 0 bridgehead atoms. The molecule has 7 nitrogen and oxygen atoms in total. The van der Waals surface area contributed by atoms with Crippen molar-refractivity contribution in [3.05, 3.63) is 35.7 Å². The van der Waals surface area contributed by atoms with Gasteiger partial charge in [-0.1, -0.05) is 0 Å². The van der Waals surface area contributed by atoms with Crippen LogP contribution in [-0.4, -0.2) is 53.8 Å². The maximum absolute atomic E-state index is 12.3. The van der Waals surface area contributed by atoms with Crippen molar-refractivity contribution in [2.24, 2.45) is 0 Å². The highest BCUT2D eigenvalue weighted by molar-refractivity contribution is 5.97. The minimum absolute atomic E-state index is 0.146. The minimum atomic E-state index is -0.495. The maximum atomic E-state index is 12.3. The van der Waals surface area contributed by atoms with Crippen LogP contribution in [0.4, 0.5) is 0 Å². The molecule has 1 unspecified atom stereocenters. The lowest BCUT2D eigenvalue weighted by Crippen LogP contribution is -2.44. The van der Waals surface area contributed by atoms with Gasteiger partial charge >= 0.3 is 0 Å². The van der Waals surface area contributed by atoms with Crippen molar-refractivity contribution >= 4 is 23.8 Å². The van der Waals surface area contributed by atoms with Crippen molar-refractivity contribution in [1.29, 1.82) is 0 Å². The molecule has 0 saturated carbocycles. The molecule has 1 atom stereocenters. The summed E-state index contributed by atoms with van der Waals surface area (Å²) >= 11 is 0. The summed E-state index contributed by atoms with van der Waals surface area (Å²) in [5.74, 6) is -0.621. The first kappa shape index (κ1) is 16.7. The molecule has 1 aromatic rings. The van der Waals surface area contributed by atoms with Gasteiger partial charge in [-0.25, -0.2) is 0 Å². The van der Waals surface area contributed by atoms with E-state index in [1.54, 1.807) is 32.3 Å². The fourth-order valence-corrected chi connectivity index (χ4v) is 2.33. The van der Waals surface area contributed by atoms with Gasteiger partial charge in [-0.15, -0.1) is 0 Å². The Labute approximate surface area is 134 Å². The van der Waals surface area contributed by atoms with Crippen molar-refractivity contribution in [3.8, 4) is 0 Å².